The van der Waals surface area contributed by atoms with Crippen LogP contribution in [0, 0.1) is 11.8 Å². The van der Waals surface area contributed by atoms with Gasteiger partial charge in [0.15, 0.2) is 5.58 Å². The third-order valence-electron chi connectivity index (χ3n) is 6.22. The monoisotopic (exact) mass is 453 g/mol. The molecule has 1 aromatic carbocycles. The number of aliphatic hydroxyl groups excluding tert-OH is 1. The molecule has 3 aromatic rings. The lowest BCUT2D eigenvalue weighted by Crippen LogP contribution is -2.42. The molecule has 9 nitrogen and oxygen atoms in total. The first-order valence-electron chi connectivity index (χ1n) is 9.86. The molecule has 170 valence electrons. The van der Waals surface area contributed by atoms with Crippen LogP contribution in [0.15, 0.2) is 44.6 Å². The zero-order valence-electron chi connectivity index (χ0n) is 16.7. The summed E-state index contributed by atoms with van der Waals surface area (Å²) >= 11 is 0. The number of benzene rings is 1. The average Bonchev–Trinajstić information content (AvgIpc) is 3.21. The zero-order chi connectivity index (χ0) is 22.8. The summed E-state index contributed by atoms with van der Waals surface area (Å²) in [5.41, 5.74) is -1.62. The Morgan fingerprint density at radius 1 is 1.31 bits per heavy atom. The van der Waals surface area contributed by atoms with Gasteiger partial charge in [-0.2, -0.15) is 0 Å². The predicted molar refractivity (Wildman–Crippen MR) is 102 cm³/mol. The number of halogens is 3. The fourth-order valence-electron chi connectivity index (χ4n) is 4.49. The van der Waals surface area contributed by atoms with Crippen LogP contribution >= 0.6 is 0 Å². The first kappa shape index (κ1) is 20.8. The second kappa shape index (κ2) is 6.94. The van der Waals surface area contributed by atoms with E-state index in [4.69, 9.17) is 9.26 Å². The van der Waals surface area contributed by atoms with Gasteiger partial charge in [-0.25, -0.2) is 4.79 Å². The molecule has 1 aliphatic heterocycles. The molecular formula is C20H18F3N3O6. The van der Waals surface area contributed by atoms with Gasteiger partial charge >= 0.3 is 12.1 Å². The van der Waals surface area contributed by atoms with Crippen molar-refractivity contribution in [2.24, 2.45) is 11.8 Å². The van der Waals surface area contributed by atoms with Crippen LogP contribution in [0.5, 0.6) is 5.75 Å². The van der Waals surface area contributed by atoms with Gasteiger partial charge in [0.2, 0.25) is 0 Å². The Morgan fingerprint density at radius 2 is 2.09 bits per heavy atom. The Labute approximate surface area is 177 Å². The maximum absolute atomic E-state index is 13.1. The van der Waals surface area contributed by atoms with E-state index in [2.05, 4.69) is 9.89 Å². The number of aromatic nitrogens is 3. The normalized spacial score (nSPS) is 27.0. The van der Waals surface area contributed by atoms with Crippen LogP contribution in [0.25, 0.3) is 11.0 Å². The first-order valence-corrected chi connectivity index (χ1v) is 9.86. The number of alkyl halides is 3. The minimum Gasteiger partial charge on any atom is -0.406 e. The lowest BCUT2D eigenvalue weighted by Gasteiger charge is -2.23. The van der Waals surface area contributed by atoms with Crippen molar-refractivity contribution in [2.45, 2.75) is 38.1 Å². The molecule has 1 unspecified atom stereocenters. The largest absolute Gasteiger partial charge is 0.573 e. The van der Waals surface area contributed by atoms with Crippen molar-refractivity contribution in [3.63, 3.8) is 0 Å². The minimum atomic E-state index is -4.85. The van der Waals surface area contributed by atoms with Gasteiger partial charge in [0, 0.05) is 29.6 Å². The number of ether oxygens (including phenoxy) is 2. The highest BCUT2D eigenvalue weighted by Gasteiger charge is 2.66. The molecule has 1 aliphatic carbocycles. The molecular weight excluding hydrogens is 435 g/mol. The van der Waals surface area contributed by atoms with Crippen LogP contribution in [0.4, 0.5) is 13.2 Å². The number of hydrogen-bond acceptors (Lipinski definition) is 7. The highest BCUT2D eigenvalue weighted by Crippen LogP contribution is 2.61. The first-order chi connectivity index (χ1) is 15.1. The summed E-state index contributed by atoms with van der Waals surface area (Å²) in [6.07, 6.45) is -3.40. The van der Waals surface area contributed by atoms with Crippen molar-refractivity contribution in [2.75, 3.05) is 6.61 Å². The average molecular weight is 453 g/mol. The number of rotatable bonds is 5. The fraction of sp³-hybridized carbons (Fsp3) is 0.450. The second-order valence-corrected chi connectivity index (χ2v) is 8.17. The van der Waals surface area contributed by atoms with Crippen molar-refractivity contribution in [1.29, 1.82) is 0 Å². The van der Waals surface area contributed by atoms with Crippen molar-refractivity contribution in [3.05, 3.63) is 57.0 Å². The SMILES string of the molecule is C[C@H]1C2C[C@]2(CO)O[C@H]1n1ccc(=O)n(Cc2noc3cc(OC(F)(F)F)ccc23)c1=O. The lowest BCUT2D eigenvalue weighted by atomic mass is 10.0. The van der Waals surface area contributed by atoms with Crippen molar-refractivity contribution >= 4 is 11.0 Å². The molecule has 1 N–H and O–H groups in total. The number of nitrogens with zero attached hydrogens (tertiary/aromatic N) is 3. The lowest BCUT2D eigenvalue weighted by molar-refractivity contribution is -0.274. The smallest absolute Gasteiger partial charge is 0.406 e. The zero-order valence-corrected chi connectivity index (χ0v) is 16.7. The van der Waals surface area contributed by atoms with Crippen molar-refractivity contribution < 1.29 is 32.3 Å². The number of hydrogen-bond donors (Lipinski definition) is 1. The molecule has 12 heteroatoms. The summed E-state index contributed by atoms with van der Waals surface area (Å²) in [5.74, 6) is -0.376. The maximum atomic E-state index is 13.1. The third kappa shape index (κ3) is 3.30. The molecule has 2 fully saturated rings. The maximum Gasteiger partial charge on any atom is 0.573 e. The predicted octanol–water partition coefficient (Wildman–Crippen LogP) is 2.01. The molecule has 0 spiro atoms. The Morgan fingerprint density at radius 3 is 2.78 bits per heavy atom. The third-order valence-corrected chi connectivity index (χ3v) is 6.22. The fourth-order valence-corrected chi connectivity index (χ4v) is 4.49. The quantitative estimate of drug-likeness (QED) is 0.630. The molecule has 5 rings (SSSR count). The molecule has 1 saturated carbocycles. The Balaban J connectivity index is 1.46. The van der Waals surface area contributed by atoms with Gasteiger partial charge in [-0.3, -0.25) is 13.9 Å². The van der Waals surface area contributed by atoms with Crippen LogP contribution in [-0.2, 0) is 11.3 Å². The van der Waals surface area contributed by atoms with Crippen LogP contribution in [0.1, 0.15) is 25.3 Å². The van der Waals surface area contributed by atoms with Crippen LogP contribution in [0.3, 0.4) is 0 Å². The number of fused-ring (bicyclic) bond motifs is 2. The van der Waals surface area contributed by atoms with Crippen LogP contribution in [-0.4, -0.2) is 38.0 Å². The molecule has 0 radical (unpaired) electrons. The van der Waals surface area contributed by atoms with E-state index < -0.39 is 35.2 Å². The van der Waals surface area contributed by atoms with Gasteiger partial charge in [-0.1, -0.05) is 12.1 Å². The molecule has 2 aliphatic rings. The Kier molecular flexibility index (Phi) is 4.50. The van der Waals surface area contributed by atoms with E-state index in [1.165, 1.54) is 22.9 Å². The van der Waals surface area contributed by atoms with Crippen LogP contribution < -0.4 is 16.0 Å². The minimum absolute atomic E-state index is 0.0174. The van der Waals surface area contributed by atoms with E-state index in [0.29, 0.717) is 5.39 Å². The van der Waals surface area contributed by atoms with Crippen molar-refractivity contribution in [1.82, 2.24) is 14.3 Å². The van der Waals surface area contributed by atoms with Gasteiger partial charge in [0.25, 0.3) is 5.56 Å². The molecule has 0 amide bonds. The van der Waals surface area contributed by atoms with Gasteiger partial charge in [0.1, 0.15) is 17.7 Å². The summed E-state index contributed by atoms with van der Waals surface area (Å²) in [5, 5.41) is 13.8. The molecule has 0 bridgehead atoms. The standard InChI is InChI=1S/C20H18F3N3O6/c1-10-13-7-19(13,9-27)31-17(10)25-5-4-16(28)26(18(25)29)8-14-12-3-2-11(30-20(21,22)23)6-15(12)32-24-14/h2-6,10,13,17,27H,7-9H2,1H3/t10-,13?,17+,19+/m0/s1. The molecule has 4 atom stereocenters. The van der Waals surface area contributed by atoms with Gasteiger partial charge in [0.05, 0.1) is 18.8 Å². The summed E-state index contributed by atoms with van der Waals surface area (Å²) in [6.45, 7) is 1.53. The van der Waals surface area contributed by atoms with E-state index in [9.17, 15) is 27.9 Å². The molecule has 32 heavy (non-hydrogen) atoms. The highest BCUT2D eigenvalue weighted by molar-refractivity contribution is 5.80. The molecule has 2 aromatic heterocycles. The molecule has 1 saturated heterocycles. The second-order valence-electron chi connectivity index (χ2n) is 8.17. The van der Waals surface area contributed by atoms with E-state index in [0.717, 1.165) is 23.1 Å². The Bertz CT molecular complexity index is 1310. The van der Waals surface area contributed by atoms with E-state index in [1.807, 2.05) is 6.92 Å². The summed E-state index contributed by atoms with van der Waals surface area (Å²) in [6, 6.07) is 4.66. The van der Waals surface area contributed by atoms with E-state index >= 15 is 0 Å². The Hall–Kier alpha value is -3.12. The van der Waals surface area contributed by atoms with Crippen LogP contribution in [0.2, 0.25) is 0 Å². The highest BCUT2D eigenvalue weighted by atomic mass is 19.4. The molecule has 3 heterocycles. The summed E-state index contributed by atoms with van der Waals surface area (Å²) in [4.78, 5) is 25.5. The van der Waals surface area contributed by atoms with E-state index in [1.54, 1.807) is 0 Å². The van der Waals surface area contributed by atoms with Gasteiger partial charge in [-0.05, 0) is 24.5 Å². The van der Waals surface area contributed by atoms with Gasteiger partial charge in [-0.15, -0.1) is 13.2 Å². The van der Waals surface area contributed by atoms with Crippen molar-refractivity contribution in [3.8, 4) is 5.75 Å². The summed E-state index contributed by atoms with van der Waals surface area (Å²) < 4.78 is 54.4. The topological polar surface area (TPSA) is 109 Å². The van der Waals surface area contributed by atoms with E-state index in [-0.39, 0.29) is 36.3 Å². The number of aliphatic hydroxyl groups is 1. The van der Waals surface area contributed by atoms with Gasteiger partial charge < -0.3 is 19.1 Å². The summed E-state index contributed by atoms with van der Waals surface area (Å²) in [7, 11) is 0.